The van der Waals surface area contributed by atoms with Crippen LogP contribution < -0.4 is 10.6 Å². The summed E-state index contributed by atoms with van der Waals surface area (Å²) >= 11 is 0. The number of aliphatic imine (C=N–C) groups is 1. The molecule has 1 aromatic rings. The van der Waals surface area contributed by atoms with E-state index in [1.54, 1.807) is 0 Å². The molecular formula is C21H39N5O. The molecule has 1 aliphatic heterocycles. The Hall–Kier alpha value is -1.56. The van der Waals surface area contributed by atoms with Gasteiger partial charge >= 0.3 is 0 Å². The van der Waals surface area contributed by atoms with Crippen LogP contribution in [0.1, 0.15) is 60.2 Å². The fourth-order valence-corrected chi connectivity index (χ4v) is 3.78. The van der Waals surface area contributed by atoms with E-state index in [-0.39, 0.29) is 11.5 Å². The lowest BCUT2D eigenvalue weighted by Gasteiger charge is -2.40. The third kappa shape index (κ3) is 6.83. The van der Waals surface area contributed by atoms with Gasteiger partial charge in [-0.05, 0) is 31.1 Å². The molecule has 1 aromatic heterocycles. The van der Waals surface area contributed by atoms with Crippen molar-refractivity contribution in [2.24, 2.45) is 22.2 Å². The molecule has 2 unspecified atom stereocenters. The third-order valence-corrected chi connectivity index (χ3v) is 4.92. The molecule has 0 aromatic carbocycles. The fourth-order valence-electron chi connectivity index (χ4n) is 3.78. The first-order chi connectivity index (χ1) is 12.8. The van der Waals surface area contributed by atoms with Gasteiger partial charge in [0, 0.05) is 44.6 Å². The molecule has 1 saturated heterocycles. The van der Waals surface area contributed by atoms with Crippen molar-refractivity contribution in [3.8, 4) is 0 Å². The number of ether oxygens (including phenoxy) is 1. The Morgan fingerprint density at radius 2 is 2.15 bits per heavy atom. The quantitative estimate of drug-likeness (QED) is 0.564. The van der Waals surface area contributed by atoms with Crippen LogP contribution >= 0.6 is 0 Å². The molecule has 1 aliphatic rings. The standard InChI is InChI=1S/C21H39N5O/c1-7-22-20(25-14-18-23-10-11-26(18)15-16(2)3)24-13-17-9-8-12-27-19(17)21(4,5)6/h10-11,16-17,19H,7-9,12-15H2,1-6H3,(H2,22,24,25). The van der Waals surface area contributed by atoms with E-state index in [1.807, 2.05) is 12.4 Å². The summed E-state index contributed by atoms with van der Waals surface area (Å²) in [6.07, 6.45) is 6.53. The van der Waals surface area contributed by atoms with E-state index in [4.69, 9.17) is 9.73 Å². The second-order valence-corrected chi connectivity index (χ2v) is 9.03. The van der Waals surface area contributed by atoms with Gasteiger partial charge in [-0.25, -0.2) is 9.98 Å². The molecule has 2 atom stereocenters. The summed E-state index contributed by atoms with van der Waals surface area (Å²) in [5.41, 5.74) is 0.157. The number of nitrogens with zero attached hydrogens (tertiary/aromatic N) is 3. The topological polar surface area (TPSA) is 63.5 Å². The fraction of sp³-hybridized carbons (Fsp3) is 0.810. The van der Waals surface area contributed by atoms with Crippen LogP contribution in [0.15, 0.2) is 17.4 Å². The zero-order chi connectivity index (χ0) is 19.9. The third-order valence-electron chi connectivity index (χ3n) is 4.92. The van der Waals surface area contributed by atoms with Crippen molar-refractivity contribution in [3.63, 3.8) is 0 Å². The van der Waals surface area contributed by atoms with Crippen LogP contribution in [0.5, 0.6) is 0 Å². The van der Waals surface area contributed by atoms with Crippen molar-refractivity contribution in [1.29, 1.82) is 0 Å². The first kappa shape index (κ1) is 21.7. The molecule has 0 aliphatic carbocycles. The van der Waals surface area contributed by atoms with Crippen LogP contribution in [0, 0.1) is 17.3 Å². The van der Waals surface area contributed by atoms with Gasteiger partial charge in [-0.3, -0.25) is 0 Å². The Kier molecular flexibility index (Phi) is 8.14. The first-order valence-electron chi connectivity index (χ1n) is 10.4. The molecule has 6 heteroatoms. The zero-order valence-corrected chi connectivity index (χ0v) is 18.1. The molecule has 2 N–H and O–H groups in total. The monoisotopic (exact) mass is 377 g/mol. The molecule has 2 heterocycles. The Labute approximate surface area is 165 Å². The minimum atomic E-state index is 0.157. The summed E-state index contributed by atoms with van der Waals surface area (Å²) in [7, 11) is 0. The maximum absolute atomic E-state index is 6.11. The summed E-state index contributed by atoms with van der Waals surface area (Å²) in [6, 6.07) is 0. The predicted octanol–water partition coefficient (Wildman–Crippen LogP) is 3.44. The lowest BCUT2D eigenvalue weighted by Crippen LogP contribution is -2.47. The molecule has 1 fully saturated rings. The number of imidazole rings is 1. The van der Waals surface area contributed by atoms with E-state index in [2.05, 4.69) is 61.7 Å². The van der Waals surface area contributed by atoms with Crippen LogP contribution in [0.25, 0.3) is 0 Å². The summed E-state index contributed by atoms with van der Waals surface area (Å²) in [5, 5.41) is 6.90. The first-order valence-corrected chi connectivity index (χ1v) is 10.4. The van der Waals surface area contributed by atoms with Crippen LogP contribution in [-0.4, -0.2) is 41.3 Å². The molecule has 0 bridgehead atoms. The van der Waals surface area contributed by atoms with Crippen LogP contribution in [0.2, 0.25) is 0 Å². The molecule has 2 rings (SSSR count). The van der Waals surface area contributed by atoms with Crippen molar-refractivity contribution in [2.75, 3.05) is 19.7 Å². The van der Waals surface area contributed by atoms with Crippen LogP contribution in [0.4, 0.5) is 0 Å². The normalized spacial score (nSPS) is 21.5. The Morgan fingerprint density at radius 3 is 2.81 bits per heavy atom. The van der Waals surface area contributed by atoms with Gasteiger partial charge in [-0.15, -0.1) is 0 Å². The average molecular weight is 378 g/mol. The summed E-state index contributed by atoms with van der Waals surface area (Å²) in [6.45, 7) is 17.5. The van der Waals surface area contributed by atoms with Crippen LogP contribution in [0.3, 0.4) is 0 Å². The highest BCUT2D eigenvalue weighted by atomic mass is 16.5. The highest BCUT2D eigenvalue weighted by Gasteiger charge is 2.35. The number of aromatic nitrogens is 2. The summed E-state index contributed by atoms with van der Waals surface area (Å²) in [4.78, 5) is 9.24. The SMILES string of the molecule is CCNC(=NCc1nccn1CC(C)C)NCC1CCCOC1C(C)(C)C. The Morgan fingerprint density at radius 1 is 1.37 bits per heavy atom. The van der Waals surface area contributed by atoms with E-state index >= 15 is 0 Å². The molecule has 0 saturated carbocycles. The molecule has 0 radical (unpaired) electrons. The van der Waals surface area contributed by atoms with E-state index < -0.39 is 0 Å². The highest BCUT2D eigenvalue weighted by molar-refractivity contribution is 5.79. The van der Waals surface area contributed by atoms with Crippen molar-refractivity contribution in [3.05, 3.63) is 18.2 Å². The molecule has 0 spiro atoms. The number of guanidine groups is 1. The molecule has 154 valence electrons. The maximum Gasteiger partial charge on any atom is 0.191 e. The van der Waals surface area contributed by atoms with Gasteiger partial charge in [0.15, 0.2) is 5.96 Å². The average Bonchev–Trinajstić information content (AvgIpc) is 3.03. The second kappa shape index (κ2) is 10.1. The zero-order valence-electron chi connectivity index (χ0n) is 18.1. The smallest absolute Gasteiger partial charge is 0.191 e. The van der Waals surface area contributed by atoms with Crippen LogP contribution in [-0.2, 0) is 17.8 Å². The van der Waals surface area contributed by atoms with Crippen molar-refractivity contribution >= 4 is 5.96 Å². The number of hydrogen-bond donors (Lipinski definition) is 2. The highest BCUT2D eigenvalue weighted by Crippen LogP contribution is 2.33. The van der Waals surface area contributed by atoms with Gasteiger partial charge in [0.05, 0.1) is 6.10 Å². The summed E-state index contributed by atoms with van der Waals surface area (Å²) < 4.78 is 8.30. The molecule has 6 nitrogen and oxygen atoms in total. The van der Waals surface area contributed by atoms with Gasteiger partial charge in [0.25, 0.3) is 0 Å². The van der Waals surface area contributed by atoms with Crippen molar-refractivity contribution in [1.82, 2.24) is 20.2 Å². The van der Waals surface area contributed by atoms with E-state index in [0.717, 1.165) is 44.4 Å². The molecular weight excluding hydrogens is 338 g/mol. The van der Waals surface area contributed by atoms with Gasteiger partial charge in [-0.2, -0.15) is 0 Å². The molecule has 27 heavy (non-hydrogen) atoms. The second-order valence-electron chi connectivity index (χ2n) is 9.03. The molecule has 0 amide bonds. The van der Waals surface area contributed by atoms with Gasteiger partial charge in [0.1, 0.15) is 12.4 Å². The Balaban J connectivity index is 1.98. The minimum absolute atomic E-state index is 0.157. The van der Waals surface area contributed by atoms with E-state index in [1.165, 1.54) is 6.42 Å². The lowest BCUT2D eigenvalue weighted by atomic mass is 9.78. The lowest BCUT2D eigenvalue weighted by molar-refractivity contribution is -0.0835. The summed E-state index contributed by atoms with van der Waals surface area (Å²) in [5.74, 6) is 2.96. The van der Waals surface area contributed by atoms with Gasteiger partial charge in [0.2, 0.25) is 0 Å². The van der Waals surface area contributed by atoms with Crippen molar-refractivity contribution < 1.29 is 4.74 Å². The van der Waals surface area contributed by atoms with Crippen molar-refractivity contribution in [2.45, 2.75) is 73.6 Å². The predicted molar refractivity (Wildman–Crippen MR) is 112 cm³/mol. The number of rotatable bonds is 7. The van der Waals surface area contributed by atoms with Gasteiger partial charge < -0.3 is 19.9 Å². The van der Waals surface area contributed by atoms with Gasteiger partial charge in [-0.1, -0.05) is 34.6 Å². The number of hydrogen-bond acceptors (Lipinski definition) is 3. The largest absolute Gasteiger partial charge is 0.377 e. The van der Waals surface area contributed by atoms with E-state index in [0.29, 0.717) is 18.4 Å². The Bertz CT molecular complexity index is 588. The minimum Gasteiger partial charge on any atom is -0.377 e. The van der Waals surface area contributed by atoms with E-state index in [9.17, 15) is 0 Å². The number of nitrogens with one attached hydrogen (secondary N) is 2. The maximum atomic E-state index is 6.11.